The summed E-state index contributed by atoms with van der Waals surface area (Å²) >= 11 is 0. The van der Waals surface area contributed by atoms with Crippen molar-refractivity contribution < 1.29 is 17.5 Å². The highest BCUT2D eigenvalue weighted by atomic mass is 127. The lowest BCUT2D eigenvalue weighted by atomic mass is 10.2. The van der Waals surface area contributed by atoms with Crippen LogP contribution < -0.4 is 10.1 Å². The summed E-state index contributed by atoms with van der Waals surface area (Å²) in [5.74, 6) is 0.399. The molecule has 0 atom stereocenters. The van der Waals surface area contributed by atoms with Crippen LogP contribution in [0.25, 0.3) is 0 Å². The standard InChI is InChI=1S/C20H26FN3O3S.HI/c1-4-27-17-11-9-16(10-12-17)15-24(3)20(22-2)23-13-14-28(25,26)19-8-6-5-7-18(19)21;/h5-12H,4,13-15H2,1-3H3,(H,22,23);1H. The van der Waals surface area contributed by atoms with Gasteiger partial charge in [0, 0.05) is 27.2 Å². The van der Waals surface area contributed by atoms with Crippen molar-refractivity contribution in [2.75, 3.05) is 33.0 Å². The van der Waals surface area contributed by atoms with Crippen LogP contribution in [0.1, 0.15) is 12.5 Å². The summed E-state index contributed by atoms with van der Waals surface area (Å²) in [6, 6.07) is 13.1. The largest absolute Gasteiger partial charge is 0.494 e. The maximum Gasteiger partial charge on any atom is 0.193 e. The first kappa shape index (κ1) is 25.2. The van der Waals surface area contributed by atoms with Gasteiger partial charge in [-0.1, -0.05) is 24.3 Å². The van der Waals surface area contributed by atoms with Crippen LogP contribution in [0.3, 0.4) is 0 Å². The number of rotatable bonds is 8. The second-order valence-corrected chi connectivity index (χ2v) is 8.23. The second-order valence-electron chi connectivity index (χ2n) is 6.16. The molecule has 0 heterocycles. The molecule has 0 unspecified atom stereocenters. The normalized spacial score (nSPS) is 11.5. The first-order chi connectivity index (χ1) is 13.4. The minimum absolute atomic E-state index is 0. The van der Waals surface area contributed by atoms with Crippen LogP contribution >= 0.6 is 24.0 Å². The van der Waals surface area contributed by atoms with Gasteiger partial charge in [0.1, 0.15) is 16.5 Å². The Hall–Kier alpha value is -1.88. The van der Waals surface area contributed by atoms with E-state index >= 15 is 0 Å². The number of halogens is 2. The first-order valence-corrected chi connectivity index (χ1v) is 10.6. The van der Waals surface area contributed by atoms with Crippen LogP contribution in [-0.4, -0.2) is 52.3 Å². The van der Waals surface area contributed by atoms with Crippen molar-refractivity contribution in [2.24, 2.45) is 4.99 Å². The lowest BCUT2D eigenvalue weighted by Crippen LogP contribution is -2.40. The predicted molar refractivity (Wildman–Crippen MR) is 124 cm³/mol. The maximum absolute atomic E-state index is 13.7. The fourth-order valence-electron chi connectivity index (χ4n) is 2.70. The van der Waals surface area contributed by atoms with Crippen molar-refractivity contribution in [3.63, 3.8) is 0 Å². The van der Waals surface area contributed by atoms with E-state index in [9.17, 15) is 12.8 Å². The number of nitrogens with zero attached hydrogens (tertiary/aromatic N) is 2. The molecule has 0 saturated carbocycles. The summed E-state index contributed by atoms with van der Waals surface area (Å²) in [5.41, 5.74) is 1.06. The molecule has 0 bridgehead atoms. The Bertz CT molecular complexity index is 905. The second kappa shape index (κ2) is 12.0. The van der Waals surface area contributed by atoms with E-state index in [4.69, 9.17) is 4.74 Å². The molecule has 0 radical (unpaired) electrons. The van der Waals surface area contributed by atoms with Gasteiger partial charge in [0.05, 0.1) is 12.4 Å². The van der Waals surface area contributed by atoms with Gasteiger partial charge in [-0.25, -0.2) is 12.8 Å². The van der Waals surface area contributed by atoms with Crippen LogP contribution in [0.15, 0.2) is 58.4 Å². The molecule has 6 nitrogen and oxygen atoms in total. The molecule has 0 aliphatic rings. The van der Waals surface area contributed by atoms with Crippen molar-refractivity contribution in [2.45, 2.75) is 18.4 Å². The van der Waals surface area contributed by atoms with E-state index < -0.39 is 15.7 Å². The van der Waals surface area contributed by atoms with Gasteiger partial charge >= 0.3 is 0 Å². The van der Waals surface area contributed by atoms with Gasteiger partial charge in [-0.3, -0.25) is 4.99 Å². The molecule has 0 fully saturated rings. The summed E-state index contributed by atoms with van der Waals surface area (Å²) in [6.45, 7) is 3.26. The monoisotopic (exact) mass is 535 g/mol. The van der Waals surface area contributed by atoms with Gasteiger partial charge in [0.15, 0.2) is 15.8 Å². The molecule has 0 amide bonds. The van der Waals surface area contributed by atoms with E-state index in [0.717, 1.165) is 17.4 Å². The zero-order valence-electron chi connectivity index (χ0n) is 16.8. The maximum atomic E-state index is 13.7. The van der Waals surface area contributed by atoms with E-state index in [1.165, 1.54) is 18.2 Å². The van der Waals surface area contributed by atoms with Crippen molar-refractivity contribution >= 4 is 39.8 Å². The van der Waals surface area contributed by atoms with Crippen molar-refractivity contribution in [3.8, 4) is 5.75 Å². The van der Waals surface area contributed by atoms with Crippen molar-refractivity contribution in [3.05, 3.63) is 59.9 Å². The lowest BCUT2D eigenvalue weighted by Gasteiger charge is -2.22. The lowest BCUT2D eigenvalue weighted by molar-refractivity contribution is 0.340. The minimum Gasteiger partial charge on any atom is -0.494 e. The fourth-order valence-corrected chi connectivity index (χ4v) is 3.94. The van der Waals surface area contributed by atoms with Crippen LogP contribution in [0.4, 0.5) is 4.39 Å². The first-order valence-electron chi connectivity index (χ1n) is 8.98. The number of hydrogen-bond donors (Lipinski definition) is 1. The number of benzene rings is 2. The van der Waals surface area contributed by atoms with Crippen LogP contribution in [0, 0.1) is 5.82 Å². The fraction of sp³-hybridized carbons (Fsp3) is 0.350. The molecular weight excluding hydrogens is 508 g/mol. The number of aliphatic imine (C=N–C) groups is 1. The third-order valence-corrected chi connectivity index (χ3v) is 5.80. The number of ether oxygens (including phenoxy) is 1. The highest BCUT2D eigenvalue weighted by Crippen LogP contribution is 2.15. The Morgan fingerprint density at radius 3 is 2.41 bits per heavy atom. The third kappa shape index (κ3) is 7.46. The Morgan fingerprint density at radius 1 is 1.17 bits per heavy atom. The Morgan fingerprint density at radius 2 is 1.83 bits per heavy atom. The molecule has 2 rings (SSSR count). The average molecular weight is 535 g/mol. The van der Waals surface area contributed by atoms with Crippen LogP contribution in [0.2, 0.25) is 0 Å². The van der Waals surface area contributed by atoms with Gasteiger partial charge in [0.25, 0.3) is 0 Å². The highest BCUT2D eigenvalue weighted by molar-refractivity contribution is 14.0. The molecule has 0 aromatic heterocycles. The molecular formula is C20H27FIN3O3S. The molecule has 0 aliphatic carbocycles. The summed E-state index contributed by atoms with van der Waals surface area (Å²) in [7, 11) is -0.229. The highest BCUT2D eigenvalue weighted by Gasteiger charge is 2.18. The van der Waals surface area contributed by atoms with E-state index in [1.54, 1.807) is 7.05 Å². The number of nitrogens with one attached hydrogen (secondary N) is 1. The Labute approximate surface area is 189 Å². The SMILES string of the molecule is CCOc1ccc(CN(C)C(=NC)NCCS(=O)(=O)c2ccccc2F)cc1.I. The third-order valence-electron chi connectivity index (χ3n) is 4.05. The van der Waals surface area contributed by atoms with Crippen molar-refractivity contribution in [1.82, 2.24) is 10.2 Å². The molecule has 9 heteroatoms. The molecule has 2 aromatic carbocycles. The van der Waals surface area contributed by atoms with Crippen LogP contribution in [-0.2, 0) is 16.4 Å². The van der Waals surface area contributed by atoms with Gasteiger partial charge < -0.3 is 15.0 Å². The van der Waals surface area contributed by atoms with Gasteiger partial charge in [-0.05, 0) is 36.8 Å². The topological polar surface area (TPSA) is 71.0 Å². The zero-order chi connectivity index (χ0) is 20.6. The van der Waals surface area contributed by atoms with Crippen molar-refractivity contribution in [1.29, 1.82) is 0 Å². The zero-order valence-corrected chi connectivity index (χ0v) is 19.9. The molecule has 160 valence electrons. The molecule has 29 heavy (non-hydrogen) atoms. The van der Waals surface area contributed by atoms with E-state index in [-0.39, 0.29) is 41.2 Å². The summed E-state index contributed by atoms with van der Waals surface area (Å²) in [4.78, 5) is 5.78. The van der Waals surface area contributed by atoms with E-state index in [2.05, 4.69) is 10.3 Å². The average Bonchev–Trinajstić information content (AvgIpc) is 2.67. The molecule has 2 aromatic rings. The number of guanidine groups is 1. The van der Waals surface area contributed by atoms with Crippen LogP contribution in [0.5, 0.6) is 5.75 Å². The Kier molecular flexibility index (Phi) is 10.4. The van der Waals surface area contributed by atoms with Gasteiger partial charge in [0.2, 0.25) is 0 Å². The predicted octanol–water partition coefficient (Wildman–Crippen LogP) is 3.32. The summed E-state index contributed by atoms with van der Waals surface area (Å²) < 4.78 is 43.8. The molecule has 1 N–H and O–H groups in total. The molecule has 0 spiro atoms. The smallest absolute Gasteiger partial charge is 0.193 e. The summed E-state index contributed by atoms with van der Waals surface area (Å²) in [5, 5.41) is 3.02. The summed E-state index contributed by atoms with van der Waals surface area (Å²) in [6.07, 6.45) is 0. The number of sulfone groups is 1. The quantitative estimate of drug-likeness (QED) is 0.319. The number of hydrogen-bond acceptors (Lipinski definition) is 4. The van der Waals surface area contributed by atoms with Gasteiger partial charge in [-0.15, -0.1) is 24.0 Å². The van der Waals surface area contributed by atoms with E-state index in [0.29, 0.717) is 19.1 Å². The minimum atomic E-state index is -3.71. The van der Waals surface area contributed by atoms with Gasteiger partial charge in [-0.2, -0.15) is 0 Å². The Balaban J connectivity index is 0.00000420. The molecule has 0 aliphatic heterocycles. The van der Waals surface area contributed by atoms with E-state index in [1.807, 2.05) is 43.1 Å². The molecule has 0 saturated heterocycles.